The van der Waals surface area contributed by atoms with Gasteiger partial charge in [0.05, 0.1) is 12.9 Å². The van der Waals surface area contributed by atoms with Gasteiger partial charge in [-0.15, -0.1) is 0 Å². The van der Waals surface area contributed by atoms with E-state index >= 15 is 0 Å². The summed E-state index contributed by atoms with van der Waals surface area (Å²) in [5, 5.41) is 3.14. The third-order valence-electron chi connectivity index (χ3n) is 4.16. The second kappa shape index (κ2) is 7.66. The summed E-state index contributed by atoms with van der Waals surface area (Å²) in [5.41, 5.74) is 11.8. The molecule has 5 heteroatoms. The molecule has 128 valence electrons. The van der Waals surface area contributed by atoms with Gasteiger partial charge < -0.3 is 15.6 Å². The predicted octanol–water partition coefficient (Wildman–Crippen LogP) is 3.48. The van der Waals surface area contributed by atoms with Gasteiger partial charge in [-0.3, -0.25) is 0 Å². The van der Waals surface area contributed by atoms with Crippen molar-refractivity contribution in [3.63, 3.8) is 0 Å². The van der Waals surface area contributed by atoms with Crippen LogP contribution in [0.4, 0.5) is 5.69 Å². The van der Waals surface area contributed by atoms with Crippen LogP contribution in [-0.2, 0) is 13.1 Å². The molecule has 0 unspecified atom stereocenters. The maximum atomic E-state index is 5.99. The van der Waals surface area contributed by atoms with Gasteiger partial charge >= 0.3 is 0 Å². The van der Waals surface area contributed by atoms with E-state index in [1.54, 1.807) is 6.20 Å². The fourth-order valence-corrected chi connectivity index (χ4v) is 2.52. The minimum Gasteiger partial charge on any atom is -0.370 e. The summed E-state index contributed by atoms with van der Waals surface area (Å²) in [6.45, 7) is 5.54. The molecule has 0 amide bonds. The number of imidazole rings is 1. The molecule has 0 atom stereocenters. The van der Waals surface area contributed by atoms with Crippen LogP contribution in [0.15, 0.2) is 66.2 Å². The second-order valence-electron chi connectivity index (χ2n) is 6.18. The van der Waals surface area contributed by atoms with Gasteiger partial charge in [0.2, 0.25) is 0 Å². The minimum absolute atomic E-state index is 0.422. The number of nitrogens with zero attached hydrogens (tertiary/aromatic N) is 3. The Morgan fingerprint density at radius 3 is 2.52 bits per heavy atom. The molecule has 2 aromatic carbocycles. The van der Waals surface area contributed by atoms with E-state index in [9.17, 15) is 0 Å². The summed E-state index contributed by atoms with van der Waals surface area (Å²) >= 11 is 0. The highest BCUT2D eigenvalue weighted by Crippen LogP contribution is 2.14. The lowest BCUT2D eigenvalue weighted by molar-refractivity contribution is 0.796. The molecule has 0 aliphatic rings. The topological polar surface area (TPSA) is 68.2 Å². The molecular weight excluding hydrogens is 310 g/mol. The molecule has 0 bridgehead atoms. The number of aromatic nitrogens is 2. The lowest BCUT2D eigenvalue weighted by Crippen LogP contribution is -2.22. The van der Waals surface area contributed by atoms with Gasteiger partial charge in [0.1, 0.15) is 0 Å². The van der Waals surface area contributed by atoms with Crippen LogP contribution in [0.1, 0.15) is 22.3 Å². The first-order chi connectivity index (χ1) is 12.1. The van der Waals surface area contributed by atoms with Crippen LogP contribution in [0.25, 0.3) is 0 Å². The zero-order chi connectivity index (χ0) is 17.6. The fourth-order valence-electron chi connectivity index (χ4n) is 2.52. The number of anilines is 1. The van der Waals surface area contributed by atoms with Crippen molar-refractivity contribution in [2.45, 2.75) is 26.9 Å². The van der Waals surface area contributed by atoms with Crippen molar-refractivity contribution in [2.75, 3.05) is 5.32 Å². The van der Waals surface area contributed by atoms with Crippen molar-refractivity contribution in [1.29, 1.82) is 0 Å². The number of aliphatic imine (C=N–C) groups is 1. The summed E-state index contributed by atoms with van der Waals surface area (Å²) in [4.78, 5) is 8.47. The van der Waals surface area contributed by atoms with Gasteiger partial charge in [-0.2, -0.15) is 0 Å². The lowest BCUT2D eigenvalue weighted by atomic mass is 10.1. The van der Waals surface area contributed by atoms with Crippen LogP contribution in [-0.4, -0.2) is 15.5 Å². The first-order valence-corrected chi connectivity index (χ1v) is 8.28. The minimum atomic E-state index is 0.422. The maximum absolute atomic E-state index is 5.99. The molecule has 25 heavy (non-hydrogen) atoms. The van der Waals surface area contributed by atoms with Crippen molar-refractivity contribution in [3.8, 4) is 0 Å². The molecule has 3 N–H and O–H groups in total. The quantitative estimate of drug-likeness (QED) is 0.555. The van der Waals surface area contributed by atoms with Crippen molar-refractivity contribution in [1.82, 2.24) is 9.55 Å². The predicted molar refractivity (Wildman–Crippen MR) is 103 cm³/mol. The Labute approximate surface area is 148 Å². The Kier molecular flexibility index (Phi) is 5.14. The van der Waals surface area contributed by atoms with E-state index in [-0.39, 0.29) is 0 Å². The summed E-state index contributed by atoms with van der Waals surface area (Å²) in [6, 6.07) is 14.5. The van der Waals surface area contributed by atoms with E-state index in [1.807, 2.05) is 23.2 Å². The SMILES string of the molecule is Cc1ccc(NC(N)=NCc2ccc(Cn3ccnc3)cc2)cc1C. The first-order valence-electron chi connectivity index (χ1n) is 8.28. The number of benzene rings is 2. The second-order valence-corrected chi connectivity index (χ2v) is 6.18. The third kappa shape index (κ3) is 4.70. The number of rotatable bonds is 5. The Balaban J connectivity index is 1.57. The summed E-state index contributed by atoms with van der Waals surface area (Å²) < 4.78 is 2.04. The standard InChI is InChI=1S/C20H23N5/c1-15-3-8-19(11-16(15)2)24-20(21)23-12-17-4-6-18(7-5-17)13-25-10-9-22-14-25/h3-11,14H,12-13H2,1-2H3,(H3,21,23,24). The normalized spacial score (nSPS) is 11.5. The monoisotopic (exact) mass is 333 g/mol. The summed E-state index contributed by atoms with van der Waals surface area (Å²) in [7, 11) is 0. The molecule has 3 aromatic rings. The van der Waals surface area contributed by atoms with E-state index in [1.165, 1.54) is 16.7 Å². The third-order valence-corrected chi connectivity index (χ3v) is 4.16. The molecule has 0 radical (unpaired) electrons. The number of hydrogen-bond donors (Lipinski definition) is 2. The maximum Gasteiger partial charge on any atom is 0.193 e. The molecule has 0 aliphatic carbocycles. The van der Waals surface area contributed by atoms with Gasteiger partial charge in [-0.25, -0.2) is 9.98 Å². The highest BCUT2D eigenvalue weighted by Gasteiger charge is 1.99. The fraction of sp³-hybridized carbons (Fsp3) is 0.200. The molecule has 1 aromatic heterocycles. The number of nitrogens with two attached hydrogens (primary N) is 1. The first kappa shape index (κ1) is 16.8. The van der Waals surface area contributed by atoms with Crippen LogP contribution in [0.5, 0.6) is 0 Å². The Bertz CT molecular complexity index is 848. The number of aryl methyl sites for hydroxylation is 2. The van der Waals surface area contributed by atoms with Crippen molar-refractivity contribution >= 4 is 11.6 Å². The number of nitrogens with one attached hydrogen (secondary N) is 1. The smallest absolute Gasteiger partial charge is 0.193 e. The summed E-state index contributed by atoms with van der Waals surface area (Å²) in [6.07, 6.45) is 5.56. The van der Waals surface area contributed by atoms with E-state index in [0.717, 1.165) is 17.8 Å². The lowest BCUT2D eigenvalue weighted by Gasteiger charge is -2.08. The van der Waals surface area contributed by atoms with Crippen molar-refractivity contribution in [3.05, 3.63) is 83.4 Å². The van der Waals surface area contributed by atoms with E-state index in [2.05, 4.69) is 65.5 Å². The van der Waals surface area contributed by atoms with Crippen LogP contribution in [0.2, 0.25) is 0 Å². The molecule has 3 rings (SSSR count). The van der Waals surface area contributed by atoms with Crippen molar-refractivity contribution < 1.29 is 0 Å². The number of hydrogen-bond acceptors (Lipinski definition) is 2. The largest absolute Gasteiger partial charge is 0.370 e. The number of guanidine groups is 1. The van der Waals surface area contributed by atoms with Gasteiger partial charge in [0.25, 0.3) is 0 Å². The molecule has 0 saturated carbocycles. The van der Waals surface area contributed by atoms with Gasteiger partial charge in [0, 0.05) is 24.6 Å². The van der Waals surface area contributed by atoms with E-state index < -0.39 is 0 Å². The van der Waals surface area contributed by atoms with Gasteiger partial charge in [-0.1, -0.05) is 30.3 Å². The summed E-state index contributed by atoms with van der Waals surface area (Å²) in [5.74, 6) is 0.422. The van der Waals surface area contributed by atoms with Crippen molar-refractivity contribution in [2.24, 2.45) is 10.7 Å². The Morgan fingerprint density at radius 1 is 1.08 bits per heavy atom. The molecule has 0 saturated heterocycles. The Hall–Kier alpha value is -3.08. The van der Waals surface area contributed by atoms with Crippen LogP contribution in [0.3, 0.4) is 0 Å². The Morgan fingerprint density at radius 2 is 1.84 bits per heavy atom. The average molecular weight is 333 g/mol. The van der Waals surface area contributed by atoms with Gasteiger partial charge in [-0.05, 0) is 48.2 Å². The molecule has 0 aliphatic heterocycles. The molecule has 0 spiro atoms. The average Bonchev–Trinajstić information content (AvgIpc) is 3.11. The van der Waals surface area contributed by atoms with E-state index in [0.29, 0.717) is 12.5 Å². The van der Waals surface area contributed by atoms with Crippen LogP contribution < -0.4 is 11.1 Å². The highest BCUT2D eigenvalue weighted by atomic mass is 15.1. The molecule has 5 nitrogen and oxygen atoms in total. The molecule has 1 heterocycles. The van der Waals surface area contributed by atoms with E-state index in [4.69, 9.17) is 5.73 Å². The van der Waals surface area contributed by atoms with Crippen LogP contribution in [0, 0.1) is 13.8 Å². The zero-order valence-corrected chi connectivity index (χ0v) is 14.6. The highest BCUT2D eigenvalue weighted by molar-refractivity contribution is 5.92. The van der Waals surface area contributed by atoms with Gasteiger partial charge in [0.15, 0.2) is 5.96 Å². The van der Waals surface area contributed by atoms with Crippen LogP contribution >= 0.6 is 0 Å². The zero-order valence-electron chi connectivity index (χ0n) is 14.6. The molecule has 0 fully saturated rings. The molecular formula is C20H23N5.